The van der Waals surface area contributed by atoms with Crippen molar-refractivity contribution < 1.29 is 29.7 Å². The molecule has 0 radical (unpaired) electrons. The molecule has 1 aliphatic rings. The van der Waals surface area contributed by atoms with E-state index >= 15 is 0 Å². The van der Waals surface area contributed by atoms with Crippen LogP contribution >= 0.6 is 0 Å². The minimum Gasteiger partial charge on any atom is -0.481 e. The molecule has 1 aromatic heterocycles. The SMILES string of the molecule is CC(=O)O.CC(=O)O.CC(=O)O.CN1CCCC1c1cccnc1. The largest absolute Gasteiger partial charge is 0.481 e. The summed E-state index contributed by atoms with van der Waals surface area (Å²) in [6.07, 6.45) is 6.41. The van der Waals surface area contributed by atoms with E-state index in [4.69, 9.17) is 29.7 Å². The van der Waals surface area contributed by atoms with Crippen LogP contribution in [0.15, 0.2) is 24.5 Å². The summed E-state index contributed by atoms with van der Waals surface area (Å²) in [5.74, 6) is -2.50. The van der Waals surface area contributed by atoms with Crippen LogP contribution in [0.2, 0.25) is 0 Å². The molecular formula is C16H26N2O6. The van der Waals surface area contributed by atoms with Crippen molar-refractivity contribution in [1.29, 1.82) is 0 Å². The van der Waals surface area contributed by atoms with Crippen LogP contribution < -0.4 is 0 Å². The molecule has 1 aromatic rings. The summed E-state index contributed by atoms with van der Waals surface area (Å²) in [5, 5.41) is 22.2. The lowest BCUT2D eigenvalue weighted by molar-refractivity contribution is -0.135. The number of aromatic nitrogens is 1. The Morgan fingerprint density at radius 1 is 1.08 bits per heavy atom. The van der Waals surface area contributed by atoms with Gasteiger partial charge in [-0.25, -0.2) is 0 Å². The Balaban J connectivity index is 0. The molecular weight excluding hydrogens is 316 g/mol. The molecule has 136 valence electrons. The van der Waals surface area contributed by atoms with Gasteiger partial charge in [-0.05, 0) is 38.1 Å². The molecule has 8 nitrogen and oxygen atoms in total. The minimum absolute atomic E-state index is 0.610. The van der Waals surface area contributed by atoms with Crippen molar-refractivity contribution in [1.82, 2.24) is 9.88 Å². The first-order valence-electron chi connectivity index (χ1n) is 7.26. The fourth-order valence-electron chi connectivity index (χ4n) is 1.90. The molecule has 1 unspecified atom stereocenters. The summed E-state index contributed by atoms with van der Waals surface area (Å²) in [7, 11) is 2.19. The van der Waals surface area contributed by atoms with E-state index in [-0.39, 0.29) is 0 Å². The standard InChI is InChI=1S/C10H14N2.3C2H4O2/c1-12-7-3-5-10(12)9-4-2-6-11-8-9;3*1-2(3)4/h2,4,6,8,10H,3,5,7H2,1H3;3*1H3,(H,3,4). The first-order valence-corrected chi connectivity index (χ1v) is 7.26. The van der Waals surface area contributed by atoms with Crippen LogP contribution in [-0.4, -0.2) is 56.7 Å². The second-order valence-corrected chi connectivity index (χ2v) is 4.98. The molecule has 2 rings (SSSR count). The normalized spacial score (nSPS) is 15.4. The van der Waals surface area contributed by atoms with Gasteiger partial charge in [-0.3, -0.25) is 24.3 Å². The van der Waals surface area contributed by atoms with Crippen molar-refractivity contribution in [3.8, 4) is 0 Å². The second kappa shape index (κ2) is 14.1. The van der Waals surface area contributed by atoms with Crippen LogP contribution in [0.3, 0.4) is 0 Å². The van der Waals surface area contributed by atoms with Gasteiger partial charge >= 0.3 is 0 Å². The summed E-state index contributed by atoms with van der Waals surface area (Å²) >= 11 is 0. The maximum Gasteiger partial charge on any atom is 0.300 e. The molecule has 3 N–H and O–H groups in total. The minimum atomic E-state index is -0.833. The number of hydrogen-bond acceptors (Lipinski definition) is 5. The van der Waals surface area contributed by atoms with Crippen molar-refractivity contribution in [3.63, 3.8) is 0 Å². The molecule has 1 saturated heterocycles. The van der Waals surface area contributed by atoms with Crippen LogP contribution in [0.1, 0.15) is 45.2 Å². The Kier molecular flexibility index (Phi) is 14.0. The van der Waals surface area contributed by atoms with Crippen molar-refractivity contribution in [2.75, 3.05) is 13.6 Å². The smallest absolute Gasteiger partial charge is 0.300 e. The molecule has 0 spiro atoms. The number of likely N-dealkylation sites (tertiary alicyclic amines) is 1. The lowest BCUT2D eigenvalue weighted by atomic mass is 10.1. The van der Waals surface area contributed by atoms with Crippen LogP contribution in [0.25, 0.3) is 0 Å². The Morgan fingerprint density at radius 3 is 1.83 bits per heavy atom. The highest BCUT2D eigenvalue weighted by molar-refractivity contribution is 5.63. The number of carboxylic acid groups (broad SMARTS) is 3. The van der Waals surface area contributed by atoms with Gasteiger partial charge in [0.2, 0.25) is 0 Å². The third-order valence-electron chi connectivity index (χ3n) is 2.59. The highest BCUT2D eigenvalue weighted by Gasteiger charge is 2.21. The first-order chi connectivity index (χ1) is 11.1. The maximum atomic E-state index is 9.00. The summed E-state index contributed by atoms with van der Waals surface area (Å²) in [4.78, 5) is 33.5. The third kappa shape index (κ3) is 17.6. The van der Waals surface area contributed by atoms with E-state index in [1.807, 2.05) is 18.5 Å². The van der Waals surface area contributed by atoms with Gasteiger partial charge in [0.25, 0.3) is 17.9 Å². The zero-order valence-corrected chi connectivity index (χ0v) is 14.5. The van der Waals surface area contributed by atoms with Gasteiger partial charge in [-0.1, -0.05) is 6.07 Å². The van der Waals surface area contributed by atoms with E-state index in [2.05, 4.69) is 23.0 Å². The lowest BCUT2D eigenvalue weighted by Crippen LogP contribution is -2.17. The molecule has 1 aliphatic heterocycles. The van der Waals surface area contributed by atoms with Gasteiger partial charge in [0.15, 0.2) is 0 Å². The van der Waals surface area contributed by atoms with Crippen LogP contribution in [0.5, 0.6) is 0 Å². The quantitative estimate of drug-likeness (QED) is 0.708. The molecule has 2 heterocycles. The molecule has 24 heavy (non-hydrogen) atoms. The van der Waals surface area contributed by atoms with E-state index in [1.165, 1.54) is 24.9 Å². The maximum absolute atomic E-state index is 9.00. The molecule has 8 heteroatoms. The zero-order chi connectivity index (χ0) is 19.1. The van der Waals surface area contributed by atoms with Crippen LogP contribution in [-0.2, 0) is 14.4 Å². The van der Waals surface area contributed by atoms with Gasteiger partial charge in [0.1, 0.15) is 0 Å². The van der Waals surface area contributed by atoms with E-state index in [0.717, 1.165) is 20.8 Å². The monoisotopic (exact) mass is 342 g/mol. The average molecular weight is 342 g/mol. The third-order valence-corrected chi connectivity index (χ3v) is 2.59. The number of nitrogens with zero attached hydrogens (tertiary/aromatic N) is 2. The summed E-state index contributed by atoms with van der Waals surface area (Å²) in [6, 6.07) is 4.79. The fraction of sp³-hybridized carbons (Fsp3) is 0.500. The molecule has 1 atom stereocenters. The van der Waals surface area contributed by atoms with Crippen molar-refractivity contribution >= 4 is 17.9 Å². The first kappa shape index (κ1) is 23.8. The molecule has 0 aliphatic carbocycles. The highest BCUT2D eigenvalue weighted by atomic mass is 16.4. The zero-order valence-electron chi connectivity index (χ0n) is 14.5. The van der Waals surface area contributed by atoms with Gasteiger partial charge in [0.05, 0.1) is 0 Å². The van der Waals surface area contributed by atoms with Gasteiger partial charge in [-0.2, -0.15) is 0 Å². The van der Waals surface area contributed by atoms with E-state index in [9.17, 15) is 0 Å². The summed E-state index contributed by atoms with van der Waals surface area (Å²) < 4.78 is 0. The van der Waals surface area contributed by atoms with E-state index in [1.54, 1.807) is 0 Å². The van der Waals surface area contributed by atoms with Crippen LogP contribution in [0.4, 0.5) is 0 Å². The summed E-state index contributed by atoms with van der Waals surface area (Å²) in [6.45, 7) is 4.47. The number of hydrogen-bond donors (Lipinski definition) is 3. The van der Waals surface area contributed by atoms with Crippen LogP contribution in [0, 0.1) is 0 Å². The molecule has 1 fully saturated rings. The lowest BCUT2D eigenvalue weighted by Gasteiger charge is -2.18. The summed E-state index contributed by atoms with van der Waals surface area (Å²) in [5.41, 5.74) is 1.36. The Bertz CT molecular complexity index is 452. The Labute approximate surface area is 141 Å². The highest BCUT2D eigenvalue weighted by Crippen LogP contribution is 2.29. The number of carboxylic acids is 3. The second-order valence-electron chi connectivity index (χ2n) is 4.98. The van der Waals surface area contributed by atoms with Gasteiger partial charge < -0.3 is 15.3 Å². The molecule has 0 aromatic carbocycles. The molecule has 0 saturated carbocycles. The Hall–Kier alpha value is -2.48. The van der Waals surface area contributed by atoms with Crippen molar-refractivity contribution in [2.24, 2.45) is 0 Å². The number of pyridine rings is 1. The van der Waals surface area contributed by atoms with Gasteiger partial charge in [0, 0.05) is 39.2 Å². The molecule has 0 bridgehead atoms. The predicted molar refractivity (Wildman–Crippen MR) is 88.8 cm³/mol. The number of carbonyl (C=O) groups is 3. The molecule has 0 amide bonds. The van der Waals surface area contributed by atoms with Crippen molar-refractivity contribution in [3.05, 3.63) is 30.1 Å². The topological polar surface area (TPSA) is 128 Å². The fourth-order valence-corrected chi connectivity index (χ4v) is 1.90. The number of rotatable bonds is 1. The average Bonchev–Trinajstić information content (AvgIpc) is 2.84. The van der Waals surface area contributed by atoms with E-state index in [0.29, 0.717) is 6.04 Å². The van der Waals surface area contributed by atoms with Gasteiger partial charge in [-0.15, -0.1) is 0 Å². The van der Waals surface area contributed by atoms with E-state index < -0.39 is 17.9 Å². The Morgan fingerprint density at radius 2 is 1.54 bits per heavy atom. The predicted octanol–water partition coefficient (Wildman–Crippen LogP) is 2.12. The number of aliphatic carboxylic acids is 3. The van der Waals surface area contributed by atoms with Crippen molar-refractivity contribution in [2.45, 2.75) is 39.7 Å².